The average Bonchev–Trinajstić information content (AvgIpc) is 3.29. The Kier molecular flexibility index (Phi) is 5.34. The summed E-state index contributed by atoms with van der Waals surface area (Å²) in [5.41, 5.74) is 4.48. The molecule has 1 N–H and O–H groups in total. The van der Waals surface area contributed by atoms with E-state index in [4.69, 9.17) is 0 Å². The van der Waals surface area contributed by atoms with Crippen LogP contribution in [0.5, 0.6) is 0 Å². The number of carbonyl (C=O) groups is 1. The first-order valence-electron chi connectivity index (χ1n) is 9.62. The van der Waals surface area contributed by atoms with Crippen molar-refractivity contribution < 1.29 is 4.79 Å². The van der Waals surface area contributed by atoms with Crippen LogP contribution in [0.25, 0.3) is 11.4 Å². The second-order valence-corrected chi connectivity index (χ2v) is 7.26. The third-order valence-corrected chi connectivity index (χ3v) is 5.28. The molecule has 7 heteroatoms. The van der Waals surface area contributed by atoms with Gasteiger partial charge in [0.25, 0.3) is 0 Å². The van der Waals surface area contributed by atoms with Gasteiger partial charge < -0.3 is 4.57 Å². The number of hydrogen-bond acceptors (Lipinski definition) is 5. The van der Waals surface area contributed by atoms with Gasteiger partial charge in [0.05, 0.1) is 0 Å². The lowest BCUT2D eigenvalue weighted by Gasteiger charge is -2.20. The van der Waals surface area contributed by atoms with E-state index in [9.17, 15) is 9.59 Å². The Morgan fingerprint density at radius 2 is 1.83 bits per heavy atom. The van der Waals surface area contributed by atoms with Crippen molar-refractivity contribution in [3.63, 3.8) is 0 Å². The number of aryl methyl sites for hydroxylation is 2. The molecule has 4 rings (SSSR count). The maximum absolute atomic E-state index is 13.1. The summed E-state index contributed by atoms with van der Waals surface area (Å²) in [7, 11) is 1.65. The lowest BCUT2D eigenvalue weighted by Crippen LogP contribution is -2.17. The van der Waals surface area contributed by atoms with E-state index >= 15 is 0 Å². The van der Waals surface area contributed by atoms with Crippen molar-refractivity contribution in [1.82, 2.24) is 25.2 Å². The van der Waals surface area contributed by atoms with Crippen LogP contribution in [-0.4, -0.2) is 31.0 Å². The number of carbonyl (C=O) groups excluding carboxylic acids is 1. The molecule has 0 aliphatic heterocycles. The molecule has 2 heterocycles. The van der Waals surface area contributed by atoms with Gasteiger partial charge in [-0.3, -0.25) is 9.59 Å². The van der Waals surface area contributed by atoms with Crippen molar-refractivity contribution in [3.05, 3.63) is 99.5 Å². The third kappa shape index (κ3) is 3.96. The van der Waals surface area contributed by atoms with Crippen molar-refractivity contribution >= 4 is 5.78 Å². The molecule has 2 aromatic carbocycles. The number of ketones is 1. The molecule has 0 saturated heterocycles. The van der Waals surface area contributed by atoms with Crippen molar-refractivity contribution in [3.8, 4) is 11.4 Å². The lowest BCUT2D eigenvalue weighted by atomic mass is 9.83. The first-order valence-corrected chi connectivity index (χ1v) is 9.62. The predicted molar refractivity (Wildman–Crippen MR) is 113 cm³/mol. The van der Waals surface area contributed by atoms with Gasteiger partial charge in [-0.25, -0.2) is 0 Å². The van der Waals surface area contributed by atoms with Crippen LogP contribution in [0.4, 0.5) is 0 Å². The zero-order valence-corrected chi connectivity index (χ0v) is 16.7. The standard InChI is InChI=1S/C23H21N5O2/c1-15-5-3-4-6-19(15)20(13-21(29)18-11-12-22(30)28(2)14-18)16-7-9-17(10-8-16)23-24-26-27-25-23/h3-12,14,20H,13H2,1-2H3,(H,24,25,26,27). The maximum Gasteiger partial charge on any atom is 0.250 e. The summed E-state index contributed by atoms with van der Waals surface area (Å²) < 4.78 is 1.43. The molecule has 2 aromatic heterocycles. The van der Waals surface area contributed by atoms with Crippen LogP contribution >= 0.6 is 0 Å². The fourth-order valence-corrected chi connectivity index (χ4v) is 3.60. The SMILES string of the molecule is Cc1ccccc1C(CC(=O)c1ccc(=O)n(C)c1)c1ccc(-c2nn[nH]n2)cc1. The summed E-state index contributed by atoms with van der Waals surface area (Å²) in [6, 6.07) is 19.0. The molecule has 4 aromatic rings. The monoisotopic (exact) mass is 399 g/mol. The molecule has 0 radical (unpaired) electrons. The van der Waals surface area contributed by atoms with Gasteiger partial charge in [0.1, 0.15) is 0 Å². The van der Waals surface area contributed by atoms with E-state index in [0.717, 1.165) is 22.3 Å². The molecule has 150 valence electrons. The van der Waals surface area contributed by atoms with E-state index in [-0.39, 0.29) is 17.3 Å². The molecule has 0 aliphatic rings. The van der Waals surface area contributed by atoms with Gasteiger partial charge in [-0.15, -0.1) is 10.2 Å². The smallest absolute Gasteiger partial charge is 0.250 e. The quantitative estimate of drug-likeness (QED) is 0.502. The molecule has 30 heavy (non-hydrogen) atoms. The molecule has 1 unspecified atom stereocenters. The fraction of sp³-hybridized carbons (Fsp3) is 0.174. The molecule has 1 atom stereocenters. The molecule has 0 aliphatic carbocycles. The number of nitrogens with one attached hydrogen (secondary N) is 1. The summed E-state index contributed by atoms with van der Waals surface area (Å²) in [5.74, 6) is 0.395. The van der Waals surface area contributed by atoms with Gasteiger partial charge in [-0.1, -0.05) is 48.5 Å². The second kappa shape index (κ2) is 8.24. The molecule has 0 amide bonds. The number of Topliss-reactive ketones (excluding diaryl/α,β-unsaturated/α-hetero) is 1. The second-order valence-electron chi connectivity index (χ2n) is 7.26. The van der Waals surface area contributed by atoms with Crippen LogP contribution < -0.4 is 5.56 Å². The van der Waals surface area contributed by atoms with Crippen LogP contribution in [0, 0.1) is 6.92 Å². The summed E-state index contributed by atoms with van der Waals surface area (Å²) in [5, 5.41) is 14.1. The van der Waals surface area contributed by atoms with Crippen molar-refractivity contribution in [2.24, 2.45) is 7.05 Å². The normalized spacial score (nSPS) is 11.9. The van der Waals surface area contributed by atoms with Gasteiger partial charge in [0.2, 0.25) is 11.4 Å². The highest BCUT2D eigenvalue weighted by Gasteiger charge is 2.21. The molecular weight excluding hydrogens is 378 g/mol. The number of rotatable bonds is 6. The van der Waals surface area contributed by atoms with E-state index in [1.807, 2.05) is 49.4 Å². The highest BCUT2D eigenvalue weighted by molar-refractivity contribution is 5.96. The van der Waals surface area contributed by atoms with Gasteiger partial charge in [0, 0.05) is 42.8 Å². The number of nitrogens with zero attached hydrogens (tertiary/aromatic N) is 4. The number of aromatic nitrogens is 5. The topological polar surface area (TPSA) is 93.5 Å². The van der Waals surface area contributed by atoms with E-state index in [1.165, 1.54) is 10.6 Å². The molecule has 0 fully saturated rings. The number of pyridine rings is 1. The van der Waals surface area contributed by atoms with Crippen molar-refractivity contribution in [1.29, 1.82) is 0 Å². The Morgan fingerprint density at radius 1 is 1.07 bits per heavy atom. The highest BCUT2D eigenvalue weighted by Crippen LogP contribution is 2.32. The first-order chi connectivity index (χ1) is 14.5. The van der Waals surface area contributed by atoms with E-state index in [2.05, 4.69) is 26.7 Å². The Balaban J connectivity index is 1.70. The minimum Gasteiger partial charge on any atom is -0.318 e. The highest BCUT2D eigenvalue weighted by atomic mass is 16.1. The molecule has 0 bridgehead atoms. The number of benzene rings is 2. The Bertz CT molecular complexity index is 1230. The zero-order chi connectivity index (χ0) is 21.1. The summed E-state index contributed by atoms with van der Waals surface area (Å²) in [4.78, 5) is 24.8. The van der Waals surface area contributed by atoms with Gasteiger partial charge in [-0.05, 0) is 34.9 Å². The minimum absolute atomic E-state index is 0.0129. The van der Waals surface area contributed by atoms with Crippen molar-refractivity contribution in [2.45, 2.75) is 19.3 Å². The Hall–Kier alpha value is -3.87. The van der Waals surface area contributed by atoms with E-state index in [1.54, 1.807) is 19.3 Å². The van der Waals surface area contributed by atoms with Gasteiger partial charge in [0.15, 0.2) is 5.78 Å². The third-order valence-electron chi connectivity index (χ3n) is 5.28. The zero-order valence-electron chi connectivity index (χ0n) is 16.7. The van der Waals surface area contributed by atoms with E-state index < -0.39 is 0 Å². The lowest BCUT2D eigenvalue weighted by molar-refractivity contribution is 0.0977. The maximum atomic E-state index is 13.1. The Labute approximate surface area is 173 Å². The predicted octanol–water partition coefficient (Wildman–Crippen LogP) is 3.28. The number of hydrogen-bond donors (Lipinski definition) is 1. The van der Waals surface area contributed by atoms with Crippen LogP contribution in [0.1, 0.15) is 39.4 Å². The fourth-order valence-electron chi connectivity index (χ4n) is 3.60. The summed E-state index contributed by atoms with van der Waals surface area (Å²) >= 11 is 0. The average molecular weight is 399 g/mol. The molecular formula is C23H21N5O2. The number of tetrazole rings is 1. The van der Waals surface area contributed by atoms with E-state index in [0.29, 0.717) is 17.8 Å². The largest absolute Gasteiger partial charge is 0.318 e. The molecule has 0 spiro atoms. The molecule has 0 saturated carbocycles. The van der Waals surface area contributed by atoms with Gasteiger partial charge in [-0.2, -0.15) is 5.21 Å². The van der Waals surface area contributed by atoms with Gasteiger partial charge >= 0.3 is 0 Å². The molecule has 7 nitrogen and oxygen atoms in total. The van der Waals surface area contributed by atoms with Crippen LogP contribution in [-0.2, 0) is 7.05 Å². The first kappa shape index (κ1) is 19.4. The van der Waals surface area contributed by atoms with Crippen molar-refractivity contribution in [2.75, 3.05) is 0 Å². The summed E-state index contributed by atoms with van der Waals surface area (Å²) in [6.07, 6.45) is 1.89. The Morgan fingerprint density at radius 3 is 2.50 bits per heavy atom. The van der Waals surface area contributed by atoms with Crippen LogP contribution in [0.3, 0.4) is 0 Å². The van der Waals surface area contributed by atoms with Crippen LogP contribution in [0.15, 0.2) is 71.7 Å². The minimum atomic E-state index is -0.140. The number of H-pyrrole nitrogens is 1. The van der Waals surface area contributed by atoms with Crippen LogP contribution in [0.2, 0.25) is 0 Å². The summed E-state index contributed by atoms with van der Waals surface area (Å²) in [6.45, 7) is 2.05. The number of aromatic amines is 1.